The van der Waals surface area contributed by atoms with Crippen molar-refractivity contribution in [2.45, 2.75) is 25.4 Å². The Balaban J connectivity index is 1.72. The lowest BCUT2D eigenvalue weighted by molar-refractivity contribution is -0.00915. The molecule has 2 fully saturated rings. The number of aliphatic hydroxyl groups is 1. The number of pyridine rings is 1. The van der Waals surface area contributed by atoms with E-state index in [4.69, 9.17) is 0 Å². The monoisotopic (exact) mass is 254 g/mol. The summed E-state index contributed by atoms with van der Waals surface area (Å²) in [5, 5.41) is 11.7. The molecular formula is C16H18N2O. The molecule has 3 heteroatoms. The summed E-state index contributed by atoms with van der Waals surface area (Å²) in [6.45, 7) is 3.57. The van der Waals surface area contributed by atoms with Crippen molar-refractivity contribution in [3.8, 4) is 0 Å². The molecule has 3 nitrogen and oxygen atoms in total. The zero-order valence-corrected chi connectivity index (χ0v) is 11.1. The number of anilines is 1. The van der Waals surface area contributed by atoms with Crippen molar-refractivity contribution in [3.63, 3.8) is 0 Å². The van der Waals surface area contributed by atoms with Gasteiger partial charge < -0.3 is 10.0 Å². The van der Waals surface area contributed by atoms with Gasteiger partial charge in [0.15, 0.2) is 0 Å². The number of aromatic nitrogens is 1. The highest BCUT2D eigenvalue weighted by Gasteiger charge is 2.52. The van der Waals surface area contributed by atoms with Crippen LogP contribution in [0.2, 0.25) is 0 Å². The van der Waals surface area contributed by atoms with Gasteiger partial charge >= 0.3 is 0 Å². The molecule has 0 spiro atoms. The summed E-state index contributed by atoms with van der Waals surface area (Å²) in [5.74, 6) is 0.540. The molecule has 1 aromatic heterocycles. The smallest absolute Gasteiger partial charge is 0.102 e. The molecule has 1 N–H and O–H groups in total. The fourth-order valence-electron chi connectivity index (χ4n) is 3.21. The zero-order chi connectivity index (χ0) is 13.0. The Labute approximate surface area is 112 Å². The molecule has 1 aliphatic heterocycles. The van der Waals surface area contributed by atoms with Gasteiger partial charge in [-0.1, -0.05) is 18.2 Å². The first kappa shape index (κ1) is 11.2. The average Bonchev–Trinajstić information content (AvgIpc) is 3.18. The van der Waals surface area contributed by atoms with Crippen molar-refractivity contribution in [3.05, 3.63) is 36.0 Å². The van der Waals surface area contributed by atoms with Crippen LogP contribution in [-0.2, 0) is 0 Å². The Morgan fingerprint density at radius 2 is 2.00 bits per heavy atom. The summed E-state index contributed by atoms with van der Waals surface area (Å²) in [4.78, 5) is 6.86. The van der Waals surface area contributed by atoms with Crippen molar-refractivity contribution in [2.24, 2.45) is 5.92 Å². The lowest BCUT2D eigenvalue weighted by Crippen LogP contribution is -2.63. The van der Waals surface area contributed by atoms with Gasteiger partial charge in [0.25, 0.3) is 0 Å². The van der Waals surface area contributed by atoms with Crippen LogP contribution < -0.4 is 4.90 Å². The van der Waals surface area contributed by atoms with Crippen LogP contribution in [0.4, 0.5) is 5.69 Å². The lowest BCUT2D eigenvalue weighted by Gasteiger charge is -2.48. The second-order valence-electron chi connectivity index (χ2n) is 6.03. The van der Waals surface area contributed by atoms with E-state index in [1.807, 2.05) is 13.0 Å². The molecule has 0 radical (unpaired) electrons. The van der Waals surface area contributed by atoms with E-state index in [0.717, 1.165) is 24.3 Å². The topological polar surface area (TPSA) is 36.4 Å². The number of nitrogens with zero attached hydrogens (tertiary/aromatic N) is 2. The minimum absolute atomic E-state index is 0.432. The second kappa shape index (κ2) is 3.70. The van der Waals surface area contributed by atoms with E-state index in [2.05, 4.69) is 34.1 Å². The van der Waals surface area contributed by atoms with Gasteiger partial charge in [0.1, 0.15) is 5.60 Å². The summed E-state index contributed by atoms with van der Waals surface area (Å²) in [6.07, 6.45) is 2.39. The predicted octanol–water partition coefficient (Wildman–Crippen LogP) is 2.50. The van der Waals surface area contributed by atoms with Gasteiger partial charge in [-0.2, -0.15) is 0 Å². The number of aryl methyl sites for hydroxylation is 1. The predicted molar refractivity (Wildman–Crippen MR) is 76.4 cm³/mol. The van der Waals surface area contributed by atoms with Crippen LogP contribution in [0.15, 0.2) is 30.3 Å². The van der Waals surface area contributed by atoms with E-state index in [1.165, 1.54) is 23.9 Å². The number of benzene rings is 1. The molecule has 0 unspecified atom stereocenters. The Kier molecular flexibility index (Phi) is 2.19. The standard InChI is InChI=1S/C16H18N2O/c1-11-8-15(13-4-2-3-5-14(13)17-11)18-9-16(19,10-18)12-6-7-12/h2-5,8,12,19H,6-7,9-10H2,1H3. The van der Waals surface area contributed by atoms with Crippen molar-refractivity contribution < 1.29 is 5.11 Å². The van der Waals surface area contributed by atoms with Crippen LogP contribution in [0.25, 0.3) is 10.9 Å². The molecule has 0 bridgehead atoms. The minimum Gasteiger partial charge on any atom is -0.386 e. The van der Waals surface area contributed by atoms with Crippen LogP contribution in [0.3, 0.4) is 0 Å². The summed E-state index contributed by atoms with van der Waals surface area (Å²) < 4.78 is 0. The number of rotatable bonds is 2. The molecule has 0 amide bonds. The minimum atomic E-state index is -0.432. The zero-order valence-electron chi connectivity index (χ0n) is 11.1. The third kappa shape index (κ3) is 1.72. The fraction of sp³-hybridized carbons (Fsp3) is 0.438. The molecule has 1 aliphatic carbocycles. The van der Waals surface area contributed by atoms with E-state index in [-0.39, 0.29) is 0 Å². The first-order valence-electron chi connectivity index (χ1n) is 6.99. The molecule has 19 heavy (non-hydrogen) atoms. The van der Waals surface area contributed by atoms with Gasteiger partial charge in [0, 0.05) is 29.9 Å². The van der Waals surface area contributed by atoms with E-state index in [1.54, 1.807) is 0 Å². The maximum atomic E-state index is 10.5. The highest BCUT2D eigenvalue weighted by atomic mass is 16.3. The molecular weight excluding hydrogens is 236 g/mol. The normalized spacial score (nSPS) is 21.5. The Morgan fingerprint density at radius 3 is 2.74 bits per heavy atom. The van der Waals surface area contributed by atoms with Gasteiger partial charge in [-0.3, -0.25) is 4.98 Å². The summed E-state index contributed by atoms with van der Waals surface area (Å²) in [7, 11) is 0. The van der Waals surface area contributed by atoms with Gasteiger partial charge in [-0.05, 0) is 37.8 Å². The number of para-hydroxylation sites is 1. The molecule has 1 saturated carbocycles. The quantitative estimate of drug-likeness (QED) is 0.894. The number of fused-ring (bicyclic) bond motifs is 1. The molecule has 98 valence electrons. The van der Waals surface area contributed by atoms with Crippen molar-refractivity contribution in [2.75, 3.05) is 18.0 Å². The highest BCUT2D eigenvalue weighted by molar-refractivity contribution is 5.92. The molecule has 1 aromatic carbocycles. The van der Waals surface area contributed by atoms with Gasteiger partial charge in [-0.15, -0.1) is 0 Å². The van der Waals surface area contributed by atoms with Crippen LogP contribution in [-0.4, -0.2) is 28.8 Å². The van der Waals surface area contributed by atoms with Crippen LogP contribution in [0, 0.1) is 12.8 Å². The summed E-state index contributed by atoms with van der Waals surface area (Å²) in [5.41, 5.74) is 2.86. The summed E-state index contributed by atoms with van der Waals surface area (Å²) >= 11 is 0. The Bertz CT molecular complexity index is 642. The average molecular weight is 254 g/mol. The maximum absolute atomic E-state index is 10.5. The Morgan fingerprint density at radius 1 is 1.26 bits per heavy atom. The highest BCUT2D eigenvalue weighted by Crippen LogP contribution is 2.46. The third-order valence-electron chi connectivity index (χ3n) is 4.43. The lowest BCUT2D eigenvalue weighted by atomic mass is 9.88. The van der Waals surface area contributed by atoms with Gasteiger partial charge in [-0.25, -0.2) is 0 Å². The number of β-amino-alcohol motifs (C(OH)–C–C–N with tert-alkyl or cyclic N) is 1. The first-order valence-corrected chi connectivity index (χ1v) is 6.99. The number of hydrogen-bond donors (Lipinski definition) is 1. The van der Waals surface area contributed by atoms with Crippen LogP contribution >= 0.6 is 0 Å². The fourth-order valence-corrected chi connectivity index (χ4v) is 3.21. The SMILES string of the molecule is Cc1cc(N2CC(O)(C3CC3)C2)c2ccccc2n1. The molecule has 2 aliphatic rings. The molecule has 1 saturated heterocycles. The summed E-state index contributed by atoms with van der Waals surface area (Å²) in [6, 6.07) is 10.4. The van der Waals surface area contributed by atoms with Crippen molar-refractivity contribution >= 4 is 16.6 Å². The van der Waals surface area contributed by atoms with Crippen molar-refractivity contribution in [1.82, 2.24) is 4.98 Å². The van der Waals surface area contributed by atoms with Crippen molar-refractivity contribution in [1.29, 1.82) is 0 Å². The molecule has 2 heterocycles. The van der Waals surface area contributed by atoms with E-state index in [0.29, 0.717) is 5.92 Å². The van der Waals surface area contributed by atoms with Gasteiger partial charge in [0.2, 0.25) is 0 Å². The Hall–Kier alpha value is -1.61. The number of hydrogen-bond acceptors (Lipinski definition) is 3. The van der Waals surface area contributed by atoms with Gasteiger partial charge in [0.05, 0.1) is 5.52 Å². The van der Waals surface area contributed by atoms with E-state index < -0.39 is 5.60 Å². The second-order valence-corrected chi connectivity index (χ2v) is 6.03. The third-order valence-corrected chi connectivity index (χ3v) is 4.43. The van der Waals surface area contributed by atoms with Crippen LogP contribution in [0.1, 0.15) is 18.5 Å². The maximum Gasteiger partial charge on any atom is 0.102 e. The van der Waals surface area contributed by atoms with E-state index >= 15 is 0 Å². The van der Waals surface area contributed by atoms with Crippen LogP contribution in [0.5, 0.6) is 0 Å². The molecule has 0 atom stereocenters. The largest absolute Gasteiger partial charge is 0.386 e. The molecule has 4 rings (SSSR count). The first-order chi connectivity index (χ1) is 9.16. The van der Waals surface area contributed by atoms with E-state index in [9.17, 15) is 5.11 Å². The molecule has 2 aromatic rings.